The Labute approximate surface area is 167 Å². The molecule has 1 heterocycles. The summed E-state index contributed by atoms with van der Waals surface area (Å²) in [6.07, 6.45) is 0. The zero-order chi connectivity index (χ0) is 19.6. The van der Waals surface area contributed by atoms with Crippen LogP contribution in [0, 0.1) is 10.1 Å². The van der Waals surface area contributed by atoms with Gasteiger partial charge in [-0.3, -0.25) is 14.9 Å². The van der Waals surface area contributed by atoms with E-state index in [-0.39, 0.29) is 16.5 Å². The largest absolute Gasteiger partial charge is 0.362 e. The molecule has 0 radical (unpaired) electrons. The van der Waals surface area contributed by atoms with Crippen molar-refractivity contribution >= 4 is 33.2 Å². The van der Waals surface area contributed by atoms with E-state index < -0.39 is 5.41 Å². The Hall–Kier alpha value is -2.41. The molecule has 27 heavy (non-hydrogen) atoms. The monoisotopic (exact) mass is 431 g/mol. The Balaban J connectivity index is 1.73. The first kappa shape index (κ1) is 19.4. The van der Waals surface area contributed by atoms with E-state index in [0.29, 0.717) is 36.3 Å². The minimum absolute atomic E-state index is 0.0776. The molecule has 0 unspecified atom stereocenters. The molecular formula is C20H22BrN3O3. The van der Waals surface area contributed by atoms with Gasteiger partial charge in [0.25, 0.3) is 5.69 Å². The lowest BCUT2D eigenvalue weighted by Gasteiger charge is -2.39. The molecule has 0 atom stereocenters. The summed E-state index contributed by atoms with van der Waals surface area (Å²) in [6, 6.07) is 14.8. The van der Waals surface area contributed by atoms with Crippen LogP contribution in [0.2, 0.25) is 0 Å². The number of hydrogen-bond acceptors (Lipinski definition) is 4. The Bertz CT molecular complexity index is 847. The minimum atomic E-state index is -0.604. The average molecular weight is 432 g/mol. The summed E-state index contributed by atoms with van der Waals surface area (Å²) >= 11 is 3.29. The third-order valence-corrected chi connectivity index (χ3v) is 5.57. The molecule has 3 rings (SSSR count). The molecular weight excluding hydrogens is 410 g/mol. The van der Waals surface area contributed by atoms with Crippen molar-refractivity contribution in [2.45, 2.75) is 19.3 Å². The molecule has 0 aromatic heterocycles. The molecule has 7 heteroatoms. The van der Waals surface area contributed by atoms with Crippen molar-refractivity contribution in [3.05, 3.63) is 68.7 Å². The summed E-state index contributed by atoms with van der Waals surface area (Å²) < 4.78 is 0.677. The first-order valence-corrected chi connectivity index (χ1v) is 9.64. The molecule has 0 bridgehead atoms. The second-order valence-electron chi connectivity index (χ2n) is 7.16. The number of carbonyl (C=O) groups excluding carboxylic acids is 1. The van der Waals surface area contributed by atoms with Crippen molar-refractivity contribution < 1.29 is 9.72 Å². The molecule has 142 valence electrons. The number of halogens is 1. The Morgan fingerprint density at radius 2 is 1.70 bits per heavy atom. The molecule has 1 aliphatic rings. The van der Waals surface area contributed by atoms with Gasteiger partial charge < -0.3 is 9.80 Å². The Kier molecular flexibility index (Phi) is 5.51. The SMILES string of the molecule is CC(C)(C(=O)N1CCN(c2ccc(Br)cc2[N+](=O)[O-])CC1)c1ccccc1. The van der Waals surface area contributed by atoms with Gasteiger partial charge in [-0.25, -0.2) is 0 Å². The van der Waals surface area contributed by atoms with Gasteiger partial charge in [-0.15, -0.1) is 0 Å². The number of hydrogen-bond donors (Lipinski definition) is 0. The van der Waals surface area contributed by atoms with Gasteiger partial charge in [-0.2, -0.15) is 0 Å². The van der Waals surface area contributed by atoms with E-state index in [1.165, 1.54) is 6.07 Å². The number of carbonyl (C=O) groups is 1. The number of piperazine rings is 1. The van der Waals surface area contributed by atoms with Crippen LogP contribution < -0.4 is 4.90 Å². The molecule has 2 aromatic carbocycles. The van der Waals surface area contributed by atoms with Crippen LogP contribution >= 0.6 is 15.9 Å². The number of benzene rings is 2. The highest BCUT2D eigenvalue weighted by Gasteiger charge is 2.35. The molecule has 0 saturated carbocycles. The van der Waals surface area contributed by atoms with E-state index in [1.54, 1.807) is 12.1 Å². The lowest BCUT2D eigenvalue weighted by Crippen LogP contribution is -2.53. The zero-order valence-electron chi connectivity index (χ0n) is 15.4. The molecule has 0 aliphatic carbocycles. The number of anilines is 1. The van der Waals surface area contributed by atoms with Gasteiger partial charge in [0, 0.05) is 36.7 Å². The molecule has 6 nitrogen and oxygen atoms in total. The predicted octanol–water partition coefficient (Wildman–Crippen LogP) is 3.98. The standard InChI is InChI=1S/C20H22BrN3O3/c1-20(2,15-6-4-3-5-7-15)19(25)23-12-10-22(11-13-23)17-9-8-16(21)14-18(17)24(26)27/h3-9,14H,10-13H2,1-2H3. The number of nitro benzene ring substituents is 1. The van der Waals surface area contributed by atoms with Gasteiger partial charge in [-0.05, 0) is 31.5 Å². The summed E-state index contributed by atoms with van der Waals surface area (Å²) in [5.74, 6) is 0.0821. The van der Waals surface area contributed by atoms with Crippen LogP contribution in [-0.4, -0.2) is 41.9 Å². The average Bonchev–Trinajstić information content (AvgIpc) is 2.68. The minimum Gasteiger partial charge on any atom is -0.362 e. The fraction of sp³-hybridized carbons (Fsp3) is 0.350. The van der Waals surface area contributed by atoms with Crippen molar-refractivity contribution in [1.29, 1.82) is 0 Å². The summed E-state index contributed by atoms with van der Waals surface area (Å²) in [5.41, 5.74) is 1.06. The zero-order valence-corrected chi connectivity index (χ0v) is 17.0. The maximum absolute atomic E-state index is 13.1. The normalized spacial score (nSPS) is 14.9. The molecule has 1 fully saturated rings. The highest BCUT2D eigenvalue weighted by molar-refractivity contribution is 9.10. The van der Waals surface area contributed by atoms with E-state index in [2.05, 4.69) is 15.9 Å². The van der Waals surface area contributed by atoms with Gasteiger partial charge in [0.15, 0.2) is 0 Å². The van der Waals surface area contributed by atoms with E-state index >= 15 is 0 Å². The lowest BCUT2D eigenvalue weighted by molar-refractivity contribution is -0.384. The van der Waals surface area contributed by atoms with Crippen LogP contribution in [0.3, 0.4) is 0 Å². The molecule has 2 aromatic rings. The fourth-order valence-corrected chi connectivity index (χ4v) is 3.78. The third-order valence-electron chi connectivity index (χ3n) is 5.07. The summed E-state index contributed by atoms with van der Waals surface area (Å²) in [7, 11) is 0. The molecule has 1 amide bonds. The second-order valence-corrected chi connectivity index (χ2v) is 8.08. The van der Waals surface area contributed by atoms with E-state index in [0.717, 1.165) is 5.56 Å². The van der Waals surface area contributed by atoms with Crippen LogP contribution in [0.25, 0.3) is 0 Å². The number of amides is 1. The van der Waals surface area contributed by atoms with Gasteiger partial charge in [0.05, 0.1) is 10.3 Å². The van der Waals surface area contributed by atoms with E-state index in [1.807, 2.05) is 54.0 Å². The lowest BCUT2D eigenvalue weighted by atomic mass is 9.83. The van der Waals surface area contributed by atoms with Crippen LogP contribution in [-0.2, 0) is 10.2 Å². The van der Waals surface area contributed by atoms with Crippen LogP contribution in [0.15, 0.2) is 53.0 Å². The summed E-state index contributed by atoms with van der Waals surface area (Å²) in [5, 5.41) is 11.4. The maximum atomic E-state index is 13.1. The summed E-state index contributed by atoms with van der Waals surface area (Å²) in [6.45, 7) is 6.11. The van der Waals surface area contributed by atoms with Gasteiger partial charge >= 0.3 is 0 Å². The van der Waals surface area contributed by atoms with Crippen molar-refractivity contribution in [1.82, 2.24) is 4.90 Å². The van der Waals surface area contributed by atoms with Crippen LogP contribution in [0.5, 0.6) is 0 Å². The highest BCUT2D eigenvalue weighted by atomic mass is 79.9. The van der Waals surface area contributed by atoms with Crippen molar-refractivity contribution in [2.24, 2.45) is 0 Å². The topological polar surface area (TPSA) is 66.7 Å². The first-order chi connectivity index (χ1) is 12.8. The van der Waals surface area contributed by atoms with Gasteiger partial charge in [0.2, 0.25) is 5.91 Å². The number of nitro groups is 1. The summed E-state index contributed by atoms with van der Waals surface area (Å²) in [4.78, 5) is 27.9. The predicted molar refractivity (Wildman–Crippen MR) is 109 cm³/mol. The van der Waals surface area contributed by atoms with Crippen molar-refractivity contribution in [3.8, 4) is 0 Å². The maximum Gasteiger partial charge on any atom is 0.293 e. The Morgan fingerprint density at radius 1 is 1.07 bits per heavy atom. The smallest absolute Gasteiger partial charge is 0.293 e. The fourth-order valence-electron chi connectivity index (χ4n) is 3.43. The Morgan fingerprint density at radius 3 is 2.30 bits per heavy atom. The quantitative estimate of drug-likeness (QED) is 0.542. The van der Waals surface area contributed by atoms with E-state index in [9.17, 15) is 14.9 Å². The van der Waals surface area contributed by atoms with E-state index in [4.69, 9.17) is 0 Å². The van der Waals surface area contributed by atoms with Gasteiger partial charge in [-0.1, -0.05) is 46.3 Å². The van der Waals surface area contributed by atoms with Crippen molar-refractivity contribution in [2.75, 3.05) is 31.1 Å². The van der Waals surface area contributed by atoms with Crippen molar-refractivity contribution in [3.63, 3.8) is 0 Å². The molecule has 1 aliphatic heterocycles. The van der Waals surface area contributed by atoms with Gasteiger partial charge in [0.1, 0.15) is 5.69 Å². The van der Waals surface area contributed by atoms with Crippen LogP contribution in [0.4, 0.5) is 11.4 Å². The van der Waals surface area contributed by atoms with Crippen LogP contribution in [0.1, 0.15) is 19.4 Å². The number of rotatable bonds is 4. The highest BCUT2D eigenvalue weighted by Crippen LogP contribution is 2.32. The second kappa shape index (κ2) is 7.68. The molecule has 0 spiro atoms. The first-order valence-electron chi connectivity index (χ1n) is 8.84. The number of nitrogens with zero attached hydrogens (tertiary/aromatic N) is 3. The molecule has 0 N–H and O–H groups in total. The third kappa shape index (κ3) is 3.98. The molecule has 1 saturated heterocycles.